The van der Waals surface area contributed by atoms with Gasteiger partial charge in [0.1, 0.15) is 11.9 Å². The Kier molecular flexibility index (Phi) is 9.41. The first kappa shape index (κ1) is 29.1. The van der Waals surface area contributed by atoms with Gasteiger partial charge in [-0.05, 0) is 75.8 Å². The van der Waals surface area contributed by atoms with Gasteiger partial charge in [-0.3, -0.25) is 9.67 Å². The van der Waals surface area contributed by atoms with E-state index >= 15 is 0 Å². The number of benzene rings is 1. The van der Waals surface area contributed by atoms with Gasteiger partial charge >= 0.3 is 0 Å². The van der Waals surface area contributed by atoms with Gasteiger partial charge in [0.25, 0.3) is 0 Å². The fourth-order valence-electron chi connectivity index (χ4n) is 5.43. The summed E-state index contributed by atoms with van der Waals surface area (Å²) in [6.45, 7) is 4.65. The van der Waals surface area contributed by atoms with Crippen LogP contribution in [0.1, 0.15) is 74.6 Å². The predicted molar refractivity (Wildman–Crippen MR) is 163 cm³/mol. The summed E-state index contributed by atoms with van der Waals surface area (Å²) >= 11 is 12.8. The van der Waals surface area contributed by atoms with Gasteiger partial charge < -0.3 is 18.9 Å². The predicted octanol–water partition coefficient (Wildman–Crippen LogP) is 7.49. The number of pyridine rings is 1. The molecule has 0 aliphatic carbocycles. The molecule has 0 saturated carbocycles. The highest BCUT2D eigenvalue weighted by Crippen LogP contribution is 2.35. The van der Waals surface area contributed by atoms with Crippen molar-refractivity contribution in [2.45, 2.75) is 70.6 Å². The Morgan fingerprint density at radius 1 is 1.02 bits per heavy atom. The first-order chi connectivity index (χ1) is 20.5. The van der Waals surface area contributed by atoms with Crippen LogP contribution in [0.2, 0.25) is 10.0 Å². The number of hydrogen-bond donors (Lipinski definition) is 0. The first-order valence-corrected chi connectivity index (χ1v) is 15.3. The van der Waals surface area contributed by atoms with Crippen molar-refractivity contribution in [3.8, 4) is 5.75 Å². The highest BCUT2D eigenvalue weighted by molar-refractivity contribution is 6.35. The largest absolute Gasteiger partial charge is 0.486 e. The number of ether oxygens (including phenoxy) is 4. The molecule has 2 fully saturated rings. The molecule has 222 valence electrons. The zero-order valence-electron chi connectivity index (χ0n) is 23.6. The molecular weight excluding hydrogens is 577 g/mol. The lowest BCUT2D eigenvalue weighted by atomic mass is 10.1. The molecule has 9 nitrogen and oxygen atoms in total. The van der Waals surface area contributed by atoms with Crippen molar-refractivity contribution >= 4 is 46.3 Å². The lowest BCUT2D eigenvalue weighted by Crippen LogP contribution is -2.24. The molecule has 0 amide bonds. The topological polar surface area (TPSA) is 85.5 Å². The second-order valence-corrected chi connectivity index (χ2v) is 11.5. The Bertz CT molecular complexity index is 1500. The van der Waals surface area contributed by atoms with Gasteiger partial charge in [-0.1, -0.05) is 23.2 Å². The maximum absolute atomic E-state index is 6.38. The smallest absolute Gasteiger partial charge is 0.157 e. The van der Waals surface area contributed by atoms with Gasteiger partial charge in [-0.15, -0.1) is 0 Å². The van der Waals surface area contributed by atoms with Crippen LogP contribution in [0.4, 0.5) is 0 Å². The number of fused-ring (bicyclic) bond motifs is 1. The number of nitrogens with zero attached hydrogens (tertiary/aromatic N) is 5. The third-order valence-corrected chi connectivity index (χ3v) is 8.20. The maximum atomic E-state index is 6.38. The first-order valence-electron chi connectivity index (χ1n) is 14.6. The molecular formula is C31H35Cl2N5O4. The summed E-state index contributed by atoms with van der Waals surface area (Å²) in [4.78, 5) is 4.05. The molecule has 1 aromatic carbocycles. The number of aromatic nitrogens is 5. The van der Waals surface area contributed by atoms with Crippen LogP contribution >= 0.6 is 23.2 Å². The molecule has 11 heteroatoms. The molecule has 3 aromatic heterocycles. The van der Waals surface area contributed by atoms with E-state index in [2.05, 4.69) is 10.1 Å². The molecule has 0 radical (unpaired) electrons. The van der Waals surface area contributed by atoms with Gasteiger partial charge in [0.05, 0.1) is 40.6 Å². The standard InChI is InChI=1S/C31H35Cl2N5O4/c1-21(31-25(32)18-34-19-26(31)33)42-23-9-11-28-24(16-23)27(36-38(28)29-6-2-4-13-39-29)10-8-22-17-35-37(20-22)12-15-41-30-7-3-5-14-40-30/h8-11,16-21,29-30H,2-7,12-15H2,1H3/b10-8+/t21-,29?,30?/m1/s1. The zero-order chi connectivity index (χ0) is 28.9. The molecule has 0 N–H and O–H groups in total. The quantitative estimate of drug-likeness (QED) is 0.184. The molecule has 6 rings (SSSR count). The normalized spacial score (nSPS) is 20.4. The second-order valence-electron chi connectivity index (χ2n) is 10.6. The van der Waals surface area contributed by atoms with Crippen LogP contribution < -0.4 is 4.74 Å². The third-order valence-electron chi connectivity index (χ3n) is 7.59. The van der Waals surface area contributed by atoms with Crippen molar-refractivity contribution in [1.82, 2.24) is 24.5 Å². The van der Waals surface area contributed by atoms with Crippen molar-refractivity contribution in [3.63, 3.8) is 0 Å². The Labute approximate surface area is 255 Å². The Hall–Kier alpha value is -2.95. The van der Waals surface area contributed by atoms with Crippen molar-refractivity contribution in [1.29, 1.82) is 0 Å². The lowest BCUT2D eigenvalue weighted by molar-refractivity contribution is -0.163. The molecule has 5 heterocycles. The summed E-state index contributed by atoms with van der Waals surface area (Å²) in [6, 6.07) is 5.99. The van der Waals surface area contributed by atoms with Gasteiger partial charge in [0.15, 0.2) is 12.5 Å². The van der Waals surface area contributed by atoms with E-state index in [0.717, 1.165) is 73.9 Å². The highest BCUT2D eigenvalue weighted by Gasteiger charge is 2.22. The van der Waals surface area contributed by atoms with Crippen molar-refractivity contribution in [2.75, 3.05) is 19.8 Å². The average molecular weight is 613 g/mol. The van der Waals surface area contributed by atoms with Gasteiger partial charge in [-0.2, -0.15) is 10.2 Å². The van der Waals surface area contributed by atoms with E-state index in [0.29, 0.717) is 34.5 Å². The fourth-order valence-corrected chi connectivity index (χ4v) is 6.10. The molecule has 42 heavy (non-hydrogen) atoms. The van der Waals surface area contributed by atoms with Crippen LogP contribution in [0.25, 0.3) is 23.1 Å². The number of rotatable bonds is 10. The van der Waals surface area contributed by atoms with Crippen molar-refractivity contribution in [3.05, 3.63) is 69.9 Å². The molecule has 0 bridgehead atoms. The summed E-state index contributed by atoms with van der Waals surface area (Å²) in [6.07, 6.45) is 16.8. The summed E-state index contributed by atoms with van der Waals surface area (Å²) in [7, 11) is 0. The number of hydrogen-bond acceptors (Lipinski definition) is 7. The van der Waals surface area contributed by atoms with E-state index in [-0.39, 0.29) is 18.6 Å². The monoisotopic (exact) mass is 611 g/mol. The van der Waals surface area contributed by atoms with Crippen LogP contribution in [-0.2, 0) is 20.8 Å². The SMILES string of the molecule is C[C@@H](Oc1ccc2c(c1)c(/C=C/c1cnn(CCOC3CCCCO3)c1)nn2C1CCCCO1)c1c(Cl)cncc1Cl. The van der Waals surface area contributed by atoms with E-state index in [9.17, 15) is 0 Å². The Morgan fingerprint density at radius 3 is 2.60 bits per heavy atom. The van der Waals surface area contributed by atoms with Crippen LogP contribution in [-0.4, -0.2) is 50.7 Å². The molecule has 2 unspecified atom stereocenters. The van der Waals surface area contributed by atoms with E-state index in [1.165, 1.54) is 0 Å². The molecule has 2 aliphatic heterocycles. The minimum absolute atomic E-state index is 0.0965. The van der Waals surface area contributed by atoms with Crippen LogP contribution in [0.5, 0.6) is 5.75 Å². The summed E-state index contributed by atoms with van der Waals surface area (Å²) < 4.78 is 27.8. The van der Waals surface area contributed by atoms with E-state index in [1.54, 1.807) is 12.4 Å². The molecule has 2 aliphatic rings. The Balaban J connectivity index is 1.22. The van der Waals surface area contributed by atoms with E-state index < -0.39 is 0 Å². The van der Waals surface area contributed by atoms with Crippen LogP contribution in [0, 0.1) is 0 Å². The molecule has 0 spiro atoms. The average Bonchev–Trinajstić information content (AvgIpc) is 3.61. The van der Waals surface area contributed by atoms with E-state index in [4.69, 9.17) is 47.2 Å². The van der Waals surface area contributed by atoms with Crippen LogP contribution in [0.3, 0.4) is 0 Å². The Morgan fingerprint density at radius 2 is 1.83 bits per heavy atom. The summed E-state index contributed by atoms with van der Waals surface area (Å²) in [5.41, 5.74) is 3.49. The number of halogens is 2. The third kappa shape index (κ3) is 6.82. The van der Waals surface area contributed by atoms with Gasteiger partial charge in [0.2, 0.25) is 0 Å². The molecule has 2 saturated heterocycles. The summed E-state index contributed by atoms with van der Waals surface area (Å²) in [5.74, 6) is 0.687. The van der Waals surface area contributed by atoms with E-state index in [1.807, 2.05) is 59.0 Å². The minimum atomic E-state index is -0.374. The van der Waals surface area contributed by atoms with Crippen LogP contribution in [0.15, 0.2) is 43.0 Å². The highest BCUT2D eigenvalue weighted by atomic mass is 35.5. The minimum Gasteiger partial charge on any atom is -0.486 e. The van der Waals surface area contributed by atoms with Gasteiger partial charge in [-0.25, -0.2) is 4.68 Å². The zero-order valence-corrected chi connectivity index (χ0v) is 25.1. The molecule has 3 atom stereocenters. The lowest BCUT2D eigenvalue weighted by Gasteiger charge is -2.23. The van der Waals surface area contributed by atoms with Gasteiger partial charge in [0, 0.05) is 48.3 Å². The maximum Gasteiger partial charge on any atom is 0.157 e. The fraction of sp³-hybridized carbons (Fsp3) is 0.452. The second kappa shape index (κ2) is 13.6. The van der Waals surface area contributed by atoms with Crippen molar-refractivity contribution < 1.29 is 18.9 Å². The molecule has 4 aromatic rings. The van der Waals surface area contributed by atoms with Crippen molar-refractivity contribution in [2.24, 2.45) is 0 Å². The summed E-state index contributed by atoms with van der Waals surface area (Å²) in [5, 5.41) is 11.4.